The number of carbonyl (C=O) groups is 1. The van der Waals surface area contributed by atoms with Crippen LogP contribution in [0.3, 0.4) is 0 Å². The summed E-state index contributed by atoms with van der Waals surface area (Å²) in [6.45, 7) is 2.18. The van der Waals surface area contributed by atoms with Crippen LogP contribution in [-0.4, -0.2) is 36.0 Å². The number of amides is 1. The lowest BCUT2D eigenvalue weighted by atomic mass is 9.97. The predicted octanol–water partition coefficient (Wildman–Crippen LogP) is 3.88. The van der Waals surface area contributed by atoms with Gasteiger partial charge >= 0.3 is 6.09 Å². The fourth-order valence-corrected chi connectivity index (χ4v) is 2.89. The molecule has 0 atom stereocenters. The highest BCUT2D eigenvalue weighted by Gasteiger charge is 2.16. The molecule has 0 radical (unpaired) electrons. The molecule has 130 valence electrons. The fourth-order valence-electron chi connectivity index (χ4n) is 2.89. The number of ether oxygens (including phenoxy) is 1. The van der Waals surface area contributed by atoms with Crippen LogP contribution >= 0.6 is 0 Å². The molecule has 5 heteroatoms. The van der Waals surface area contributed by atoms with E-state index < -0.39 is 6.09 Å². The second-order valence-electron chi connectivity index (χ2n) is 5.60. The molecule has 0 aliphatic carbocycles. The maximum atomic E-state index is 12.2. The van der Waals surface area contributed by atoms with E-state index in [0.717, 1.165) is 32.2 Å². The molecular weight excluding hydrogens is 318 g/mol. The molecule has 0 heterocycles. The van der Waals surface area contributed by atoms with Gasteiger partial charge in [0.15, 0.2) is 0 Å². The second kappa shape index (κ2) is 7.96. The van der Waals surface area contributed by atoms with E-state index in [9.17, 15) is 4.79 Å². The number of benzene rings is 3. The van der Waals surface area contributed by atoms with Gasteiger partial charge in [0, 0.05) is 12.1 Å². The van der Waals surface area contributed by atoms with E-state index >= 15 is 0 Å². The van der Waals surface area contributed by atoms with Crippen molar-refractivity contribution in [3.05, 3.63) is 60.2 Å². The lowest BCUT2D eigenvalue weighted by Gasteiger charge is -2.20. The van der Waals surface area contributed by atoms with Crippen molar-refractivity contribution in [1.82, 2.24) is 5.06 Å². The number of hydroxylamine groups is 2. The Morgan fingerprint density at radius 2 is 1.64 bits per heavy atom. The minimum absolute atomic E-state index is 0.0557. The Morgan fingerprint density at radius 3 is 2.20 bits per heavy atom. The highest BCUT2D eigenvalue weighted by Crippen LogP contribution is 2.29. The van der Waals surface area contributed by atoms with Crippen LogP contribution in [0.25, 0.3) is 21.5 Å². The van der Waals surface area contributed by atoms with Gasteiger partial charge < -0.3 is 9.84 Å². The molecule has 0 saturated heterocycles. The summed E-state index contributed by atoms with van der Waals surface area (Å²) in [5, 5.41) is 14.3. The Morgan fingerprint density at radius 1 is 1.04 bits per heavy atom. The summed E-state index contributed by atoms with van der Waals surface area (Å²) in [5.41, 5.74) is 0.972. The summed E-state index contributed by atoms with van der Waals surface area (Å²) in [6, 6.07) is 18.2. The van der Waals surface area contributed by atoms with Crippen molar-refractivity contribution in [2.45, 2.75) is 13.5 Å². The minimum atomic E-state index is -0.562. The van der Waals surface area contributed by atoms with Gasteiger partial charge in [-0.05, 0) is 34.5 Å². The van der Waals surface area contributed by atoms with Gasteiger partial charge in [-0.25, -0.2) is 4.79 Å². The Labute approximate surface area is 146 Å². The molecule has 1 amide bonds. The van der Waals surface area contributed by atoms with Crippen molar-refractivity contribution in [2.24, 2.45) is 0 Å². The number of rotatable bonds is 6. The fraction of sp³-hybridized carbons (Fsp3) is 0.250. The number of aliphatic hydroxyl groups excluding tert-OH is 1. The van der Waals surface area contributed by atoms with Crippen LogP contribution in [0.15, 0.2) is 54.6 Å². The van der Waals surface area contributed by atoms with Crippen LogP contribution in [-0.2, 0) is 16.2 Å². The van der Waals surface area contributed by atoms with Crippen LogP contribution in [0.5, 0.6) is 0 Å². The van der Waals surface area contributed by atoms with Gasteiger partial charge in [-0.3, -0.25) is 4.84 Å². The van der Waals surface area contributed by atoms with E-state index in [1.54, 1.807) is 6.92 Å². The summed E-state index contributed by atoms with van der Waals surface area (Å²) in [4.78, 5) is 17.4. The first kappa shape index (κ1) is 17.2. The molecular formula is C20H21NO4. The number of hydrogen-bond acceptors (Lipinski definition) is 4. The van der Waals surface area contributed by atoms with Crippen molar-refractivity contribution >= 4 is 27.6 Å². The van der Waals surface area contributed by atoms with Crippen molar-refractivity contribution < 1.29 is 19.5 Å². The van der Waals surface area contributed by atoms with Crippen molar-refractivity contribution in [3.8, 4) is 0 Å². The van der Waals surface area contributed by atoms with Gasteiger partial charge in [-0.15, -0.1) is 0 Å². The van der Waals surface area contributed by atoms with Crippen LogP contribution in [0.1, 0.15) is 12.5 Å². The smallest absolute Gasteiger partial charge is 0.434 e. The normalized spacial score (nSPS) is 11.0. The van der Waals surface area contributed by atoms with E-state index in [0.29, 0.717) is 6.54 Å². The molecule has 0 aliphatic heterocycles. The van der Waals surface area contributed by atoms with Crippen molar-refractivity contribution in [1.29, 1.82) is 0 Å². The molecule has 0 bridgehead atoms. The maximum Gasteiger partial charge on any atom is 0.434 e. The Balaban J connectivity index is 1.90. The molecule has 25 heavy (non-hydrogen) atoms. The molecule has 0 aliphatic rings. The second-order valence-corrected chi connectivity index (χ2v) is 5.60. The molecule has 5 nitrogen and oxygen atoms in total. The zero-order valence-corrected chi connectivity index (χ0v) is 14.1. The lowest BCUT2D eigenvalue weighted by molar-refractivity contribution is -0.141. The summed E-state index contributed by atoms with van der Waals surface area (Å²) < 4.78 is 5.47. The first-order chi connectivity index (χ1) is 12.2. The van der Waals surface area contributed by atoms with Crippen molar-refractivity contribution in [2.75, 3.05) is 19.8 Å². The number of hydrogen-bond donors (Lipinski definition) is 1. The standard InChI is InChI=1S/C20H21NO4/c1-2-21(25-12-11-22)20(23)24-14-19-17-9-5-3-7-15(17)13-16-8-4-6-10-18(16)19/h3-10,13,22H,2,11-12,14H2,1H3. The zero-order chi connectivity index (χ0) is 17.6. The summed E-state index contributed by atoms with van der Waals surface area (Å²) >= 11 is 0. The van der Waals surface area contributed by atoms with Gasteiger partial charge in [0.05, 0.1) is 13.2 Å². The Hall–Kier alpha value is -2.63. The molecule has 0 spiro atoms. The highest BCUT2D eigenvalue weighted by molar-refractivity contribution is 6.02. The highest BCUT2D eigenvalue weighted by atomic mass is 16.7. The SMILES string of the molecule is CCN(OCCO)C(=O)OCc1c2ccccc2cc2ccccc12. The number of fused-ring (bicyclic) bond motifs is 2. The molecule has 1 N–H and O–H groups in total. The average Bonchev–Trinajstić information content (AvgIpc) is 2.65. The molecule has 0 saturated carbocycles. The third-order valence-corrected chi connectivity index (χ3v) is 4.05. The average molecular weight is 339 g/mol. The summed E-state index contributed by atoms with van der Waals surface area (Å²) in [6.07, 6.45) is -0.562. The van der Waals surface area contributed by atoms with Crippen LogP contribution in [0.2, 0.25) is 0 Å². The van der Waals surface area contributed by atoms with Gasteiger partial charge in [0.25, 0.3) is 0 Å². The third kappa shape index (κ3) is 3.73. The van der Waals surface area contributed by atoms with E-state index in [4.69, 9.17) is 14.7 Å². The van der Waals surface area contributed by atoms with Crippen LogP contribution < -0.4 is 0 Å². The van der Waals surface area contributed by atoms with E-state index in [-0.39, 0.29) is 19.8 Å². The molecule has 3 rings (SSSR count). The van der Waals surface area contributed by atoms with Gasteiger partial charge in [0.2, 0.25) is 0 Å². The van der Waals surface area contributed by atoms with Gasteiger partial charge in [0.1, 0.15) is 6.61 Å². The maximum absolute atomic E-state index is 12.2. The largest absolute Gasteiger partial charge is 0.443 e. The number of carbonyl (C=O) groups excluding carboxylic acids is 1. The first-order valence-electron chi connectivity index (χ1n) is 8.32. The first-order valence-corrected chi connectivity index (χ1v) is 8.32. The van der Waals surface area contributed by atoms with Gasteiger partial charge in [-0.1, -0.05) is 48.5 Å². The summed E-state index contributed by atoms with van der Waals surface area (Å²) in [5.74, 6) is 0. The molecule has 0 unspecified atom stereocenters. The van der Waals surface area contributed by atoms with Crippen LogP contribution in [0, 0.1) is 0 Å². The molecule has 0 aromatic heterocycles. The van der Waals surface area contributed by atoms with E-state index in [1.807, 2.05) is 36.4 Å². The van der Waals surface area contributed by atoms with Crippen LogP contribution in [0.4, 0.5) is 4.79 Å². The number of aliphatic hydroxyl groups is 1. The molecule has 3 aromatic carbocycles. The van der Waals surface area contributed by atoms with E-state index in [1.165, 1.54) is 0 Å². The Kier molecular flexibility index (Phi) is 5.48. The minimum Gasteiger partial charge on any atom is -0.443 e. The Bertz CT molecular complexity index is 824. The van der Waals surface area contributed by atoms with Gasteiger partial charge in [-0.2, -0.15) is 5.06 Å². The topological polar surface area (TPSA) is 59.0 Å². The quantitative estimate of drug-likeness (QED) is 0.547. The molecule has 0 fully saturated rings. The van der Waals surface area contributed by atoms with E-state index in [2.05, 4.69) is 18.2 Å². The summed E-state index contributed by atoms with van der Waals surface area (Å²) in [7, 11) is 0. The molecule has 3 aromatic rings. The number of nitrogens with zero attached hydrogens (tertiary/aromatic N) is 1. The third-order valence-electron chi connectivity index (χ3n) is 4.05. The monoisotopic (exact) mass is 339 g/mol. The zero-order valence-electron chi connectivity index (χ0n) is 14.1. The van der Waals surface area contributed by atoms with Crippen molar-refractivity contribution in [3.63, 3.8) is 0 Å². The lowest BCUT2D eigenvalue weighted by Crippen LogP contribution is -2.32. The predicted molar refractivity (Wildman–Crippen MR) is 97.1 cm³/mol.